The van der Waals surface area contributed by atoms with E-state index in [1.54, 1.807) is 6.92 Å². The van der Waals surface area contributed by atoms with Crippen molar-refractivity contribution in [2.45, 2.75) is 40.5 Å². The first-order valence-electron chi connectivity index (χ1n) is 7.20. The zero-order chi connectivity index (χ0) is 16.9. The Kier molecular flexibility index (Phi) is 6.15. The van der Waals surface area contributed by atoms with Crippen molar-refractivity contribution in [2.24, 2.45) is 5.92 Å². The van der Waals surface area contributed by atoms with Crippen molar-refractivity contribution in [3.8, 4) is 0 Å². The first-order chi connectivity index (χ1) is 10.3. The second-order valence-corrected chi connectivity index (χ2v) is 5.42. The molecule has 0 unspecified atom stereocenters. The summed E-state index contributed by atoms with van der Waals surface area (Å²) in [5.41, 5.74) is 6.43. The Morgan fingerprint density at radius 3 is 2.36 bits per heavy atom. The average molecular weight is 309 g/mol. The van der Waals surface area contributed by atoms with Crippen LogP contribution in [0.25, 0.3) is 0 Å². The Hall–Kier alpha value is -2.31. The lowest BCUT2D eigenvalue weighted by Crippen LogP contribution is -2.42. The molecule has 0 bridgehead atoms. The van der Waals surface area contributed by atoms with Crippen LogP contribution in [0.3, 0.4) is 0 Å². The minimum Gasteiger partial charge on any atom is -0.465 e. The van der Waals surface area contributed by atoms with Crippen molar-refractivity contribution in [3.05, 3.63) is 22.5 Å². The number of carbonyl (C=O) groups excluding carboxylic acids is 3. The summed E-state index contributed by atoms with van der Waals surface area (Å²) in [4.78, 5) is 38.4. The highest BCUT2D eigenvalue weighted by atomic mass is 16.5. The van der Waals surface area contributed by atoms with Gasteiger partial charge in [0.15, 0.2) is 0 Å². The molecule has 0 spiro atoms. The van der Waals surface area contributed by atoms with Crippen molar-refractivity contribution in [1.82, 2.24) is 15.8 Å². The van der Waals surface area contributed by atoms with E-state index in [4.69, 9.17) is 4.74 Å². The van der Waals surface area contributed by atoms with Crippen LogP contribution in [0.15, 0.2) is 0 Å². The summed E-state index contributed by atoms with van der Waals surface area (Å²) in [6.45, 7) is 7.34. The molecule has 0 saturated carbocycles. The van der Waals surface area contributed by atoms with Crippen LogP contribution in [0.1, 0.15) is 59.3 Å². The third kappa shape index (κ3) is 4.09. The van der Waals surface area contributed by atoms with Gasteiger partial charge >= 0.3 is 5.97 Å². The molecular formula is C15H23N3O4. The Balaban J connectivity index is 2.88. The highest BCUT2D eigenvalue weighted by Gasteiger charge is 2.23. The molecule has 0 aliphatic rings. The fourth-order valence-electron chi connectivity index (χ4n) is 2.14. The van der Waals surface area contributed by atoms with E-state index in [1.165, 1.54) is 7.11 Å². The van der Waals surface area contributed by atoms with E-state index in [2.05, 4.69) is 15.8 Å². The summed E-state index contributed by atoms with van der Waals surface area (Å²) < 4.78 is 4.73. The lowest BCUT2D eigenvalue weighted by atomic mass is 10.1. The summed E-state index contributed by atoms with van der Waals surface area (Å²) in [5.74, 6) is -1.06. The summed E-state index contributed by atoms with van der Waals surface area (Å²) in [6, 6.07) is 0. The number of rotatable bonds is 5. The molecule has 0 atom stereocenters. The summed E-state index contributed by atoms with van der Waals surface area (Å²) in [5, 5.41) is 0. The van der Waals surface area contributed by atoms with E-state index in [0.717, 1.165) is 0 Å². The number of ether oxygens (including phenoxy) is 1. The number of amides is 2. The number of hydrogen-bond acceptors (Lipinski definition) is 4. The number of aromatic nitrogens is 1. The van der Waals surface area contributed by atoms with Crippen LogP contribution in [0, 0.1) is 12.8 Å². The SMILES string of the molecule is CCc1[nH]c(C(=O)NNC(=O)CC(C)C)c(C)c1C(=O)OC. The third-order valence-electron chi connectivity index (χ3n) is 3.21. The van der Waals surface area contributed by atoms with Crippen molar-refractivity contribution in [2.75, 3.05) is 7.11 Å². The zero-order valence-corrected chi connectivity index (χ0v) is 13.6. The molecule has 22 heavy (non-hydrogen) atoms. The number of esters is 1. The lowest BCUT2D eigenvalue weighted by molar-refractivity contribution is -0.122. The Bertz CT molecular complexity index is 576. The number of H-pyrrole nitrogens is 1. The zero-order valence-electron chi connectivity index (χ0n) is 13.6. The van der Waals surface area contributed by atoms with Gasteiger partial charge in [-0.3, -0.25) is 20.4 Å². The molecule has 7 heteroatoms. The number of carbonyl (C=O) groups is 3. The predicted octanol–water partition coefficient (Wildman–Crippen LogP) is 1.48. The summed E-state index contributed by atoms with van der Waals surface area (Å²) in [6.07, 6.45) is 0.871. The van der Waals surface area contributed by atoms with Gasteiger partial charge < -0.3 is 9.72 Å². The average Bonchev–Trinajstić information content (AvgIpc) is 2.80. The number of hydrazine groups is 1. The van der Waals surface area contributed by atoms with Crippen molar-refractivity contribution >= 4 is 17.8 Å². The van der Waals surface area contributed by atoms with Crippen LogP contribution in [-0.4, -0.2) is 29.9 Å². The highest BCUT2D eigenvalue weighted by molar-refractivity contribution is 6.01. The molecule has 0 radical (unpaired) electrons. The third-order valence-corrected chi connectivity index (χ3v) is 3.21. The van der Waals surface area contributed by atoms with Crippen LogP contribution < -0.4 is 10.9 Å². The number of aryl methyl sites for hydroxylation is 1. The van der Waals surface area contributed by atoms with Gasteiger partial charge in [0.05, 0.1) is 12.7 Å². The van der Waals surface area contributed by atoms with Gasteiger partial charge in [0, 0.05) is 12.1 Å². The van der Waals surface area contributed by atoms with E-state index < -0.39 is 11.9 Å². The molecule has 3 N–H and O–H groups in total. The largest absolute Gasteiger partial charge is 0.465 e. The molecule has 1 aromatic rings. The fourth-order valence-corrected chi connectivity index (χ4v) is 2.14. The second kappa shape index (κ2) is 7.63. The summed E-state index contributed by atoms with van der Waals surface area (Å²) in [7, 11) is 1.29. The van der Waals surface area contributed by atoms with E-state index in [1.807, 2.05) is 20.8 Å². The van der Waals surface area contributed by atoms with Gasteiger partial charge in [-0.1, -0.05) is 20.8 Å². The topological polar surface area (TPSA) is 100 Å². The van der Waals surface area contributed by atoms with Gasteiger partial charge in [0.2, 0.25) is 5.91 Å². The molecule has 0 aromatic carbocycles. The Labute approximate surface area is 129 Å². The monoisotopic (exact) mass is 309 g/mol. The maximum Gasteiger partial charge on any atom is 0.339 e. The molecule has 0 fully saturated rings. The van der Waals surface area contributed by atoms with Gasteiger partial charge in [-0.05, 0) is 24.8 Å². The van der Waals surface area contributed by atoms with Crippen molar-refractivity contribution in [1.29, 1.82) is 0 Å². The quantitative estimate of drug-likeness (QED) is 0.566. The second-order valence-electron chi connectivity index (χ2n) is 5.42. The van der Waals surface area contributed by atoms with E-state index in [0.29, 0.717) is 29.7 Å². The van der Waals surface area contributed by atoms with Gasteiger partial charge in [-0.25, -0.2) is 4.79 Å². The molecule has 1 aromatic heterocycles. The number of hydrogen-bond donors (Lipinski definition) is 3. The minimum absolute atomic E-state index is 0.196. The smallest absolute Gasteiger partial charge is 0.339 e. The van der Waals surface area contributed by atoms with Crippen LogP contribution >= 0.6 is 0 Å². The van der Waals surface area contributed by atoms with E-state index in [-0.39, 0.29) is 17.5 Å². The molecule has 0 aliphatic carbocycles. The van der Waals surface area contributed by atoms with Gasteiger partial charge in [0.25, 0.3) is 5.91 Å². The molecule has 122 valence electrons. The first-order valence-corrected chi connectivity index (χ1v) is 7.20. The molecule has 2 amide bonds. The molecule has 7 nitrogen and oxygen atoms in total. The maximum absolute atomic E-state index is 12.1. The van der Waals surface area contributed by atoms with Crippen molar-refractivity contribution < 1.29 is 19.1 Å². The van der Waals surface area contributed by atoms with Gasteiger partial charge in [0.1, 0.15) is 5.69 Å². The molecule has 0 saturated heterocycles. The van der Waals surface area contributed by atoms with Crippen LogP contribution in [-0.2, 0) is 16.0 Å². The number of nitrogens with one attached hydrogen (secondary N) is 3. The first kappa shape index (κ1) is 17.7. The fraction of sp³-hybridized carbons (Fsp3) is 0.533. The normalized spacial score (nSPS) is 10.5. The van der Waals surface area contributed by atoms with E-state index in [9.17, 15) is 14.4 Å². The van der Waals surface area contributed by atoms with Gasteiger partial charge in [-0.2, -0.15) is 0 Å². The lowest BCUT2D eigenvalue weighted by Gasteiger charge is -2.08. The van der Waals surface area contributed by atoms with Crippen LogP contribution in [0.5, 0.6) is 0 Å². The molecule has 0 aliphatic heterocycles. The number of methoxy groups -OCH3 is 1. The Morgan fingerprint density at radius 2 is 1.86 bits per heavy atom. The van der Waals surface area contributed by atoms with Crippen LogP contribution in [0.4, 0.5) is 0 Å². The molecular weight excluding hydrogens is 286 g/mol. The maximum atomic E-state index is 12.1. The highest BCUT2D eigenvalue weighted by Crippen LogP contribution is 2.20. The minimum atomic E-state index is -0.501. The van der Waals surface area contributed by atoms with Crippen LogP contribution in [0.2, 0.25) is 0 Å². The standard InChI is InChI=1S/C15H23N3O4/c1-6-10-12(15(21)22-5)9(4)13(16-10)14(20)18-17-11(19)7-8(2)3/h8,16H,6-7H2,1-5H3,(H,17,19)(H,18,20). The van der Waals surface area contributed by atoms with E-state index >= 15 is 0 Å². The van der Waals surface area contributed by atoms with Gasteiger partial charge in [-0.15, -0.1) is 0 Å². The number of aromatic amines is 1. The molecule has 1 heterocycles. The predicted molar refractivity (Wildman–Crippen MR) is 81.3 cm³/mol. The molecule has 1 rings (SSSR count). The Morgan fingerprint density at radius 1 is 1.23 bits per heavy atom. The summed E-state index contributed by atoms with van der Waals surface area (Å²) >= 11 is 0. The van der Waals surface area contributed by atoms with Crippen molar-refractivity contribution in [3.63, 3.8) is 0 Å².